The fourth-order valence-corrected chi connectivity index (χ4v) is 3.32. The van der Waals surface area contributed by atoms with Gasteiger partial charge >= 0.3 is 0 Å². The number of carbonyl (C=O) groups is 1. The molecule has 0 aliphatic heterocycles. The molecule has 1 aromatic heterocycles. The third-order valence-electron chi connectivity index (χ3n) is 4.02. The van der Waals surface area contributed by atoms with E-state index in [9.17, 15) is 9.18 Å². The predicted octanol–water partition coefficient (Wildman–Crippen LogP) is 4.91. The summed E-state index contributed by atoms with van der Waals surface area (Å²) in [7, 11) is 0. The minimum absolute atomic E-state index is 0.252. The Hall–Kier alpha value is -2.73. The van der Waals surface area contributed by atoms with Crippen molar-refractivity contribution in [2.45, 2.75) is 32.9 Å². The molecule has 1 N–H and O–H groups in total. The average Bonchev–Trinajstić information content (AvgIpc) is 3.14. The van der Waals surface area contributed by atoms with Crippen LogP contribution in [0.4, 0.5) is 4.39 Å². The molecule has 0 saturated heterocycles. The molecule has 0 saturated carbocycles. The van der Waals surface area contributed by atoms with Crippen molar-refractivity contribution in [2.24, 2.45) is 0 Å². The van der Waals surface area contributed by atoms with Crippen molar-refractivity contribution < 1.29 is 13.9 Å². The summed E-state index contributed by atoms with van der Waals surface area (Å²) in [6.45, 7) is 4.80. The molecule has 3 aromatic rings. The zero-order valence-electron chi connectivity index (χ0n) is 15.2. The van der Waals surface area contributed by atoms with Crippen LogP contribution in [0.3, 0.4) is 0 Å². The molecule has 0 aliphatic carbocycles. The van der Waals surface area contributed by atoms with E-state index in [0.717, 1.165) is 16.3 Å². The lowest BCUT2D eigenvalue weighted by Gasteiger charge is -2.12. The van der Waals surface area contributed by atoms with Gasteiger partial charge in [-0.05, 0) is 35.2 Å². The average molecular weight is 384 g/mol. The zero-order chi connectivity index (χ0) is 19.2. The molecule has 2 aromatic carbocycles. The highest BCUT2D eigenvalue weighted by atomic mass is 32.1. The van der Waals surface area contributed by atoms with E-state index >= 15 is 0 Å². The van der Waals surface area contributed by atoms with E-state index in [4.69, 9.17) is 4.74 Å². The summed E-state index contributed by atoms with van der Waals surface area (Å²) in [4.78, 5) is 16.6. The molecular formula is C21H21FN2O2S. The number of benzene rings is 2. The van der Waals surface area contributed by atoms with E-state index in [2.05, 4.69) is 24.1 Å². The van der Waals surface area contributed by atoms with Crippen molar-refractivity contribution in [3.05, 3.63) is 81.6 Å². The third-order valence-corrected chi connectivity index (χ3v) is 4.84. The number of carbonyl (C=O) groups excluding carboxylic acids is 1. The third kappa shape index (κ3) is 5.14. The van der Waals surface area contributed by atoms with Crippen LogP contribution in [-0.4, -0.2) is 10.9 Å². The summed E-state index contributed by atoms with van der Waals surface area (Å²) in [5.41, 5.74) is 2.18. The lowest BCUT2D eigenvalue weighted by atomic mass is 10.0. The first-order valence-electron chi connectivity index (χ1n) is 8.71. The number of hydrogen-bond donors (Lipinski definition) is 1. The Morgan fingerprint density at radius 2 is 2.04 bits per heavy atom. The quantitative estimate of drug-likeness (QED) is 0.629. The van der Waals surface area contributed by atoms with Gasteiger partial charge in [0.15, 0.2) is 0 Å². The summed E-state index contributed by atoms with van der Waals surface area (Å²) < 4.78 is 19.1. The zero-order valence-corrected chi connectivity index (χ0v) is 16.1. The van der Waals surface area contributed by atoms with Crippen molar-refractivity contribution in [1.82, 2.24) is 10.3 Å². The summed E-state index contributed by atoms with van der Waals surface area (Å²) in [5.74, 6) is 0.585. The molecule has 4 nitrogen and oxygen atoms in total. The molecule has 6 heteroatoms. The normalized spacial score (nSPS) is 10.8. The number of rotatable bonds is 7. The molecule has 0 fully saturated rings. The summed E-state index contributed by atoms with van der Waals surface area (Å²) in [6, 6.07) is 14.1. The maximum absolute atomic E-state index is 13.2. The molecule has 0 unspecified atom stereocenters. The smallest absolute Gasteiger partial charge is 0.271 e. The Morgan fingerprint density at radius 1 is 1.22 bits per heavy atom. The van der Waals surface area contributed by atoms with Crippen LogP contribution < -0.4 is 10.1 Å². The van der Waals surface area contributed by atoms with Crippen molar-refractivity contribution in [3.63, 3.8) is 0 Å². The Labute approximate surface area is 162 Å². The number of halogens is 1. The van der Waals surface area contributed by atoms with Crippen LogP contribution in [-0.2, 0) is 13.2 Å². The van der Waals surface area contributed by atoms with Gasteiger partial charge in [0.25, 0.3) is 5.91 Å². The Balaban J connectivity index is 1.57. The highest BCUT2D eigenvalue weighted by Gasteiger charge is 2.12. The topological polar surface area (TPSA) is 51.2 Å². The van der Waals surface area contributed by atoms with E-state index in [-0.39, 0.29) is 18.3 Å². The SMILES string of the molecule is CC(C)c1ccccc1OCc1nc(C(=O)NCc2cccc(F)c2)cs1. The van der Waals surface area contributed by atoms with Gasteiger partial charge < -0.3 is 10.1 Å². The fraction of sp³-hybridized carbons (Fsp3) is 0.238. The van der Waals surface area contributed by atoms with E-state index in [0.29, 0.717) is 23.8 Å². The van der Waals surface area contributed by atoms with Crippen LogP contribution >= 0.6 is 11.3 Å². The molecule has 140 valence electrons. The van der Waals surface area contributed by atoms with Gasteiger partial charge in [-0.2, -0.15) is 0 Å². The van der Waals surface area contributed by atoms with Crippen molar-refractivity contribution in [1.29, 1.82) is 0 Å². The van der Waals surface area contributed by atoms with Crippen LogP contribution in [0.25, 0.3) is 0 Å². The van der Waals surface area contributed by atoms with Crippen molar-refractivity contribution in [2.75, 3.05) is 0 Å². The largest absolute Gasteiger partial charge is 0.486 e. The lowest BCUT2D eigenvalue weighted by molar-refractivity contribution is 0.0946. The van der Waals surface area contributed by atoms with Gasteiger partial charge in [-0.1, -0.05) is 44.2 Å². The molecule has 0 radical (unpaired) electrons. The molecule has 0 aliphatic rings. The van der Waals surface area contributed by atoms with Crippen LogP contribution in [0.2, 0.25) is 0 Å². The molecule has 0 bridgehead atoms. The molecule has 1 heterocycles. The number of aromatic nitrogens is 1. The summed E-state index contributed by atoms with van der Waals surface area (Å²) >= 11 is 1.38. The molecule has 27 heavy (non-hydrogen) atoms. The number of amides is 1. The van der Waals surface area contributed by atoms with Crippen LogP contribution in [0.5, 0.6) is 5.75 Å². The fourth-order valence-electron chi connectivity index (χ4n) is 2.63. The van der Waals surface area contributed by atoms with Crippen LogP contribution in [0.1, 0.15) is 46.4 Å². The van der Waals surface area contributed by atoms with Gasteiger partial charge in [0.05, 0.1) is 0 Å². The number of ether oxygens (including phenoxy) is 1. The first-order valence-corrected chi connectivity index (χ1v) is 9.59. The van der Waals surface area contributed by atoms with Gasteiger partial charge in [-0.3, -0.25) is 4.79 Å². The van der Waals surface area contributed by atoms with Crippen LogP contribution in [0.15, 0.2) is 53.9 Å². The Kier molecular flexibility index (Phi) is 6.19. The second-order valence-electron chi connectivity index (χ2n) is 6.42. The van der Waals surface area contributed by atoms with Crippen LogP contribution in [0, 0.1) is 5.82 Å². The van der Waals surface area contributed by atoms with E-state index < -0.39 is 0 Å². The first kappa shape index (κ1) is 19.0. The van der Waals surface area contributed by atoms with Crippen molar-refractivity contribution in [3.8, 4) is 5.75 Å². The minimum atomic E-state index is -0.323. The molecule has 3 rings (SSSR count). The molecule has 0 spiro atoms. The van der Waals surface area contributed by atoms with Crippen molar-refractivity contribution >= 4 is 17.2 Å². The lowest BCUT2D eigenvalue weighted by Crippen LogP contribution is -2.23. The van der Waals surface area contributed by atoms with Gasteiger partial charge in [0.2, 0.25) is 0 Å². The number of nitrogens with one attached hydrogen (secondary N) is 1. The summed E-state index contributed by atoms with van der Waals surface area (Å²) in [6.07, 6.45) is 0. The number of hydrogen-bond acceptors (Lipinski definition) is 4. The second-order valence-corrected chi connectivity index (χ2v) is 7.36. The van der Waals surface area contributed by atoms with E-state index in [1.54, 1.807) is 17.5 Å². The Bertz CT molecular complexity index is 924. The predicted molar refractivity (Wildman–Crippen MR) is 105 cm³/mol. The standard InChI is InChI=1S/C21H21FN2O2S/c1-14(2)17-8-3-4-9-19(17)26-12-20-24-18(13-27-20)21(25)23-11-15-6-5-7-16(22)10-15/h3-10,13-14H,11-12H2,1-2H3,(H,23,25). The van der Waals surface area contributed by atoms with Gasteiger partial charge in [0, 0.05) is 11.9 Å². The molecule has 0 atom stereocenters. The van der Waals surface area contributed by atoms with Gasteiger partial charge in [-0.15, -0.1) is 11.3 Å². The Morgan fingerprint density at radius 3 is 2.81 bits per heavy atom. The monoisotopic (exact) mass is 384 g/mol. The highest BCUT2D eigenvalue weighted by Crippen LogP contribution is 2.26. The first-order chi connectivity index (χ1) is 13.0. The second kappa shape index (κ2) is 8.77. The highest BCUT2D eigenvalue weighted by molar-refractivity contribution is 7.09. The van der Waals surface area contributed by atoms with Gasteiger partial charge in [-0.25, -0.2) is 9.37 Å². The van der Waals surface area contributed by atoms with E-state index in [1.165, 1.54) is 23.5 Å². The maximum atomic E-state index is 13.2. The number of nitrogens with zero attached hydrogens (tertiary/aromatic N) is 1. The number of para-hydroxylation sites is 1. The number of thiazole rings is 1. The summed E-state index contributed by atoms with van der Waals surface area (Å²) in [5, 5.41) is 5.18. The minimum Gasteiger partial charge on any atom is -0.486 e. The molecule has 1 amide bonds. The van der Waals surface area contributed by atoms with Gasteiger partial charge in [0.1, 0.15) is 28.9 Å². The molecular weight excluding hydrogens is 363 g/mol. The maximum Gasteiger partial charge on any atom is 0.271 e. The van der Waals surface area contributed by atoms with E-state index in [1.807, 2.05) is 24.3 Å².